The summed E-state index contributed by atoms with van der Waals surface area (Å²) >= 11 is 0. The minimum atomic E-state index is -3.35. The summed E-state index contributed by atoms with van der Waals surface area (Å²) in [6.07, 6.45) is 8.45. The number of aliphatic hydroxyl groups excluding tert-OH is 1. The SMILES string of the molecule is CCCCn1c(CN2CCC(CCO)CC2)cnc1S(=O)(=O)CCCC(C)C. The van der Waals surface area contributed by atoms with Gasteiger partial charge >= 0.3 is 0 Å². The largest absolute Gasteiger partial charge is 0.396 e. The molecule has 0 atom stereocenters. The van der Waals surface area contributed by atoms with Crippen LogP contribution in [0.3, 0.4) is 0 Å². The highest BCUT2D eigenvalue weighted by Crippen LogP contribution is 2.23. The standard InChI is InChI=1S/C21H39N3O3S/c1-4-5-11-24-20(17-23-12-8-19(9-13-23)10-14-25)16-22-21(24)28(26,27)15-6-7-18(2)3/h16,18-19,25H,4-15,17H2,1-3H3. The molecule has 1 aromatic heterocycles. The molecule has 0 aliphatic carbocycles. The fraction of sp³-hybridized carbons (Fsp3) is 0.857. The molecule has 1 saturated heterocycles. The Kier molecular flexibility index (Phi) is 9.44. The van der Waals surface area contributed by atoms with Crippen LogP contribution in [0.4, 0.5) is 0 Å². The minimum absolute atomic E-state index is 0.181. The maximum absolute atomic E-state index is 12.9. The van der Waals surface area contributed by atoms with E-state index in [1.807, 2.05) is 4.57 Å². The van der Waals surface area contributed by atoms with E-state index in [-0.39, 0.29) is 17.5 Å². The third-order valence-electron chi connectivity index (χ3n) is 5.74. The van der Waals surface area contributed by atoms with Gasteiger partial charge in [0.1, 0.15) is 0 Å². The van der Waals surface area contributed by atoms with Gasteiger partial charge in [-0.2, -0.15) is 0 Å². The van der Waals surface area contributed by atoms with E-state index in [1.165, 1.54) is 0 Å². The van der Waals surface area contributed by atoms with Crippen molar-refractivity contribution < 1.29 is 13.5 Å². The van der Waals surface area contributed by atoms with E-state index in [0.29, 0.717) is 24.8 Å². The van der Waals surface area contributed by atoms with Crippen LogP contribution < -0.4 is 0 Å². The molecule has 0 bridgehead atoms. The van der Waals surface area contributed by atoms with Crippen molar-refractivity contribution in [2.45, 2.75) is 84.0 Å². The number of nitrogens with zero attached hydrogens (tertiary/aromatic N) is 3. The number of sulfone groups is 1. The monoisotopic (exact) mass is 413 g/mol. The van der Waals surface area contributed by atoms with Gasteiger partial charge in [0.15, 0.2) is 0 Å². The maximum atomic E-state index is 12.9. The zero-order valence-corrected chi connectivity index (χ0v) is 18.8. The third-order valence-corrected chi connectivity index (χ3v) is 7.45. The van der Waals surface area contributed by atoms with Crippen LogP contribution in [-0.2, 0) is 22.9 Å². The molecule has 6 nitrogen and oxygen atoms in total. The number of aromatic nitrogens is 2. The van der Waals surface area contributed by atoms with Gasteiger partial charge < -0.3 is 9.67 Å². The third kappa shape index (κ3) is 6.85. The Bertz CT molecular complexity index is 677. The summed E-state index contributed by atoms with van der Waals surface area (Å²) in [6, 6.07) is 0. The summed E-state index contributed by atoms with van der Waals surface area (Å²) in [5.74, 6) is 1.31. The van der Waals surface area contributed by atoms with E-state index >= 15 is 0 Å². The van der Waals surface area contributed by atoms with Gasteiger partial charge in [0.25, 0.3) is 0 Å². The topological polar surface area (TPSA) is 75.4 Å². The van der Waals surface area contributed by atoms with E-state index in [1.54, 1.807) is 6.20 Å². The number of likely N-dealkylation sites (tertiary alicyclic amines) is 1. The molecule has 0 saturated carbocycles. The Morgan fingerprint density at radius 1 is 1.25 bits per heavy atom. The van der Waals surface area contributed by atoms with Crippen molar-refractivity contribution in [1.82, 2.24) is 14.5 Å². The second-order valence-electron chi connectivity index (χ2n) is 8.62. The Morgan fingerprint density at radius 3 is 2.57 bits per heavy atom. The summed E-state index contributed by atoms with van der Waals surface area (Å²) < 4.78 is 27.7. The Labute approximate surface area is 171 Å². The lowest BCUT2D eigenvalue weighted by Gasteiger charge is -2.31. The normalized spacial score (nSPS) is 16.9. The van der Waals surface area contributed by atoms with Crippen molar-refractivity contribution in [2.24, 2.45) is 11.8 Å². The lowest BCUT2D eigenvalue weighted by Crippen LogP contribution is -2.34. The summed E-state index contributed by atoms with van der Waals surface area (Å²) in [7, 11) is -3.35. The molecule has 7 heteroatoms. The predicted molar refractivity (Wildman–Crippen MR) is 113 cm³/mol. The van der Waals surface area contributed by atoms with E-state index in [4.69, 9.17) is 5.11 Å². The van der Waals surface area contributed by atoms with Crippen molar-refractivity contribution in [3.05, 3.63) is 11.9 Å². The molecule has 0 aromatic carbocycles. The first-order chi connectivity index (χ1) is 13.4. The van der Waals surface area contributed by atoms with Crippen molar-refractivity contribution >= 4 is 9.84 Å². The lowest BCUT2D eigenvalue weighted by molar-refractivity contribution is 0.150. The van der Waals surface area contributed by atoms with Crippen LogP contribution >= 0.6 is 0 Å². The van der Waals surface area contributed by atoms with Crippen LogP contribution in [0.1, 0.15) is 71.4 Å². The first-order valence-corrected chi connectivity index (χ1v) is 12.6. The fourth-order valence-corrected chi connectivity index (χ4v) is 5.43. The van der Waals surface area contributed by atoms with E-state index in [2.05, 4.69) is 30.7 Å². The number of piperidine rings is 1. The van der Waals surface area contributed by atoms with Gasteiger partial charge in [0.05, 0.1) is 17.6 Å². The van der Waals surface area contributed by atoms with E-state index < -0.39 is 9.84 Å². The van der Waals surface area contributed by atoms with Gasteiger partial charge in [0, 0.05) is 19.7 Å². The van der Waals surface area contributed by atoms with Gasteiger partial charge in [-0.25, -0.2) is 13.4 Å². The van der Waals surface area contributed by atoms with Crippen LogP contribution in [0, 0.1) is 11.8 Å². The second kappa shape index (κ2) is 11.3. The highest BCUT2D eigenvalue weighted by molar-refractivity contribution is 7.91. The fourth-order valence-electron chi connectivity index (χ4n) is 3.94. The van der Waals surface area contributed by atoms with Crippen molar-refractivity contribution in [3.8, 4) is 0 Å². The molecule has 1 aliphatic rings. The first-order valence-electron chi connectivity index (χ1n) is 11.0. The van der Waals surface area contributed by atoms with Gasteiger partial charge in [-0.05, 0) is 63.5 Å². The number of rotatable bonds is 12. The van der Waals surface area contributed by atoms with Crippen molar-refractivity contribution in [2.75, 3.05) is 25.4 Å². The average molecular weight is 414 g/mol. The molecule has 1 aromatic rings. The van der Waals surface area contributed by atoms with Gasteiger partial charge in [-0.1, -0.05) is 27.2 Å². The summed E-state index contributed by atoms with van der Waals surface area (Å²) in [4.78, 5) is 6.76. The number of imidazole rings is 1. The molecule has 0 unspecified atom stereocenters. The number of aliphatic hydroxyl groups is 1. The molecular weight excluding hydrogens is 374 g/mol. The zero-order chi connectivity index (χ0) is 20.6. The smallest absolute Gasteiger partial charge is 0.227 e. The Balaban J connectivity index is 2.08. The van der Waals surface area contributed by atoms with E-state index in [9.17, 15) is 8.42 Å². The summed E-state index contributed by atoms with van der Waals surface area (Å²) in [5, 5.41) is 9.39. The molecule has 28 heavy (non-hydrogen) atoms. The molecule has 0 spiro atoms. The summed E-state index contributed by atoms with van der Waals surface area (Å²) in [5.41, 5.74) is 1.01. The second-order valence-corrected chi connectivity index (χ2v) is 10.6. The van der Waals surface area contributed by atoms with Crippen molar-refractivity contribution in [3.63, 3.8) is 0 Å². The maximum Gasteiger partial charge on any atom is 0.227 e. The molecule has 1 fully saturated rings. The zero-order valence-electron chi connectivity index (χ0n) is 17.9. The summed E-state index contributed by atoms with van der Waals surface area (Å²) in [6.45, 7) is 10.1. The molecule has 1 aliphatic heterocycles. The molecule has 162 valence electrons. The van der Waals surface area contributed by atoms with Gasteiger partial charge in [0.2, 0.25) is 15.0 Å². The molecule has 1 N–H and O–H groups in total. The molecule has 0 amide bonds. The highest BCUT2D eigenvalue weighted by Gasteiger charge is 2.25. The quantitative estimate of drug-likeness (QED) is 0.568. The van der Waals surface area contributed by atoms with Crippen LogP contribution in [0.2, 0.25) is 0 Å². The van der Waals surface area contributed by atoms with Crippen molar-refractivity contribution in [1.29, 1.82) is 0 Å². The number of hydrogen-bond donors (Lipinski definition) is 1. The highest BCUT2D eigenvalue weighted by atomic mass is 32.2. The number of unbranched alkanes of at least 4 members (excludes halogenated alkanes) is 1. The minimum Gasteiger partial charge on any atom is -0.396 e. The Morgan fingerprint density at radius 2 is 1.96 bits per heavy atom. The predicted octanol–water partition coefficient (Wildman–Crippen LogP) is 3.49. The number of hydrogen-bond acceptors (Lipinski definition) is 5. The Hall–Kier alpha value is -0.920. The van der Waals surface area contributed by atoms with Gasteiger partial charge in [-0.3, -0.25) is 4.90 Å². The van der Waals surface area contributed by atoms with E-state index in [0.717, 1.165) is 63.9 Å². The molecule has 0 radical (unpaired) electrons. The first kappa shape index (κ1) is 23.4. The lowest BCUT2D eigenvalue weighted by atomic mass is 9.94. The van der Waals surface area contributed by atoms with Crippen LogP contribution in [0.5, 0.6) is 0 Å². The average Bonchev–Trinajstić information content (AvgIpc) is 3.04. The molecular formula is C21H39N3O3S. The van der Waals surface area contributed by atoms with Gasteiger partial charge in [-0.15, -0.1) is 0 Å². The molecule has 2 rings (SSSR count). The molecule has 2 heterocycles. The van der Waals surface area contributed by atoms with Crippen LogP contribution in [0.15, 0.2) is 11.4 Å². The van der Waals surface area contributed by atoms with Crippen LogP contribution in [-0.4, -0.2) is 53.4 Å². The van der Waals surface area contributed by atoms with Crippen LogP contribution in [0.25, 0.3) is 0 Å².